The number of hydrogen-bond acceptors (Lipinski definition) is 5. The van der Waals surface area contributed by atoms with Gasteiger partial charge in [0.15, 0.2) is 0 Å². The lowest BCUT2D eigenvalue weighted by Gasteiger charge is -2.30. The number of aromatic nitrogens is 2. The van der Waals surface area contributed by atoms with Gasteiger partial charge in [0.2, 0.25) is 5.95 Å². The molecule has 2 heterocycles. The molecule has 6 heteroatoms. The van der Waals surface area contributed by atoms with Crippen molar-refractivity contribution in [2.45, 2.75) is 44.7 Å². The van der Waals surface area contributed by atoms with E-state index in [0.29, 0.717) is 11.9 Å². The van der Waals surface area contributed by atoms with Crippen molar-refractivity contribution in [2.75, 3.05) is 23.4 Å². The number of nitrogens with zero attached hydrogens (tertiary/aromatic N) is 3. The van der Waals surface area contributed by atoms with Crippen LogP contribution in [0.5, 0.6) is 0 Å². The number of halogens is 1. The van der Waals surface area contributed by atoms with Crippen LogP contribution >= 0.6 is 11.6 Å². The zero-order valence-corrected chi connectivity index (χ0v) is 15.1. The number of nitrogens with one attached hydrogen (secondary N) is 1. The average molecular weight is 359 g/mol. The summed E-state index contributed by atoms with van der Waals surface area (Å²) in [4.78, 5) is 11.7. The van der Waals surface area contributed by atoms with E-state index in [4.69, 9.17) is 16.6 Å². The fourth-order valence-corrected chi connectivity index (χ4v) is 3.45. The molecule has 2 aromatic rings. The van der Waals surface area contributed by atoms with Crippen LogP contribution in [-0.2, 0) is 13.0 Å². The predicted molar refractivity (Wildman–Crippen MR) is 100 cm³/mol. The Morgan fingerprint density at radius 2 is 2.12 bits per heavy atom. The van der Waals surface area contributed by atoms with Crippen LogP contribution in [0.15, 0.2) is 24.3 Å². The van der Waals surface area contributed by atoms with Crippen molar-refractivity contribution in [3.63, 3.8) is 0 Å². The van der Waals surface area contributed by atoms with E-state index < -0.39 is 0 Å². The molecule has 1 fully saturated rings. The third kappa shape index (κ3) is 3.72. The molecule has 1 atom stereocenters. The molecular weight excluding hydrogens is 336 g/mol. The van der Waals surface area contributed by atoms with Crippen molar-refractivity contribution in [1.29, 1.82) is 0 Å². The first-order valence-corrected chi connectivity index (χ1v) is 9.29. The number of hydrogen-bond donors (Lipinski definition) is 2. The Balaban J connectivity index is 1.61. The maximum Gasteiger partial charge on any atom is 0.225 e. The van der Waals surface area contributed by atoms with Crippen molar-refractivity contribution in [2.24, 2.45) is 0 Å². The van der Waals surface area contributed by atoms with Gasteiger partial charge in [-0.25, -0.2) is 4.98 Å². The van der Waals surface area contributed by atoms with Crippen LogP contribution in [0.3, 0.4) is 0 Å². The van der Waals surface area contributed by atoms with E-state index in [-0.39, 0.29) is 12.6 Å². The van der Waals surface area contributed by atoms with E-state index in [2.05, 4.69) is 33.4 Å². The first kappa shape index (κ1) is 16.6. The molecule has 1 aromatic carbocycles. The van der Waals surface area contributed by atoms with E-state index in [0.717, 1.165) is 36.0 Å². The molecule has 0 unspecified atom stereocenters. The van der Waals surface area contributed by atoms with Gasteiger partial charge in [0.1, 0.15) is 5.82 Å². The molecule has 1 saturated carbocycles. The van der Waals surface area contributed by atoms with Crippen LogP contribution in [0.4, 0.5) is 11.8 Å². The van der Waals surface area contributed by atoms with Gasteiger partial charge in [-0.3, -0.25) is 0 Å². The fraction of sp³-hybridized carbons (Fsp3) is 0.474. The molecule has 25 heavy (non-hydrogen) atoms. The van der Waals surface area contributed by atoms with Crippen LogP contribution in [0, 0.1) is 0 Å². The normalized spacial score (nSPS) is 18.0. The van der Waals surface area contributed by atoms with Crippen LogP contribution in [0.1, 0.15) is 42.5 Å². The summed E-state index contributed by atoms with van der Waals surface area (Å²) in [5.74, 6) is 2.13. The summed E-state index contributed by atoms with van der Waals surface area (Å²) in [6.07, 6.45) is 3.37. The zero-order valence-electron chi connectivity index (χ0n) is 14.4. The molecule has 1 aliphatic carbocycles. The van der Waals surface area contributed by atoms with Crippen molar-refractivity contribution in [3.8, 4) is 0 Å². The number of aliphatic hydroxyl groups excluding tert-OH is 1. The largest absolute Gasteiger partial charge is 0.394 e. The Kier molecular flexibility index (Phi) is 4.52. The summed E-state index contributed by atoms with van der Waals surface area (Å²) in [5.41, 5.74) is 3.74. The molecule has 2 aliphatic rings. The summed E-state index contributed by atoms with van der Waals surface area (Å²) >= 11 is 6.11. The van der Waals surface area contributed by atoms with E-state index in [9.17, 15) is 5.11 Å². The molecule has 1 aromatic heterocycles. The number of fused-ring (bicyclic) bond motifs is 1. The Morgan fingerprint density at radius 1 is 1.28 bits per heavy atom. The van der Waals surface area contributed by atoms with Crippen molar-refractivity contribution < 1.29 is 5.11 Å². The number of aliphatic hydroxyl groups is 1. The molecule has 0 saturated heterocycles. The number of benzene rings is 1. The first-order chi connectivity index (χ1) is 12.1. The van der Waals surface area contributed by atoms with Gasteiger partial charge in [-0.1, -0.05) is 17.7 Å². The van der Waals surface area contributed by atoms with Gasteiger partial charge in [0.05, 0.1) is 12.3 Å². The van der Waals surface area contributed by atoms with Crippen molar-refractivity contribution in [1.82, 2.24) is 9.97 Å². The minimum atomic E-state index is -0.0634. The molecule has 4 rings (SSSR count). The quantitative estimate of drug-likeness (QED) is 0.858. The van der Waals surface area contributed by atoms with E-state index in [1.165, 1.54) is 24.0 Å². The molecule has 0 bridgehead atoms. The van der Waals surface area contributed by atoms with Gasteiger partial charge in [-0.05, 0) is 49.4 Å². The summed E-state index contributed by atoms with van der Waals surface area (Å²) in [7, 11) is 0. The molecule has 0 radical (unpaired) electrons. The molecular formula is C19H23ClN4O. The SMILES string of the molecule is C[C@H](CO)Nc1nc(C2CC2)cc(N2CCc3cc(Cl)ccc3C2)n1. The van der Waals surface area contributed by atoms with Crippen molar-refractivity contribution >= 4 is 23.4 Å². The third-order valence-electron chi connectivity index (χ3n) is 4.88. The molecule has 0 amide bonds. The van der Waals surface area contributed by atoms with Crippen LogP contribution in [-0.4, -0.2) is 34.3 Å². The summed E-state index contributed by atoms with van der Waals surface area (Å²) in [6, 6.07) is 8.20. The Morgan fingerprint density at radius 3 is 2.88 bits per heavy atom. The molecule has 0 spiro atoms. The lowest BCUT2D eigenvalue weighted by molar-refractivity contribution is 0.281. The van der Waals surface area contributed by atoms with Gasteiger partial charge in [-0.15, -0.1) is 0 Å². The molecule has 5 nitrogen and oxygen atoms in total. The van der Waals surface area contributed by atoms with Gasteiger partial charge in [-0.2, -0.15) is 4.98 Å². The minimum absolute atomic E-state index is 0.0597. The van der Waals surface area contributed by atoms with Gasteiger partial charge in [0, 0.05) is 36.1 Å². The summed E-state index contributed by atoms with van der Waals surface area (Å²) in [6.45, 7) is 3.74. The van der Waals surface area contributed by atoms with Gasteiger partial charge >= 0.3 is 0 Å². The highest BCUT2D eigenvalue weighted by molar-refractivity contribution is 6.30. The number of rotatable bonds is 5. The minimum Gasteiger partial charge on any atom is -0.394 e. The van der Waals surface area contributed by atoms with Crippen molar-refractivity contribution in [3.05, 3.63) is 46.1 Å². The second kappa shape index (κ2) is 6.81. The fourth-order valence-electron chi connectivity index (χ4n) is 3.25. The summed E-state index contributed by atoms with van der Waals surface area (Å²) in [5, 5.41) is 13.3. The summed E-state index contributed by atoms with van der Waals surface area (Å²) < 4.78 is 0. The lowest BCUT2D eigenvalue weighted by atomic mass is 10.00. The Bertz CT molecular complexity index is 778. The molecule has 132 valence electrons. The van der Waals surface area contributed by atoms with Gasteiger partial charge < -0.3 is 15.3 Å². The maximum absolute atomic E-state index is 9.30. The number of anilines is 2. The average Bonchev–Trinajstić information content (AvgIpc) is 3.46. The Hall–Kier alpha value is -1.85. The molecule has 1 aliphatic heterocycles. The predicted octanol–water partition coefficient (Wildman–Crippen LogP) is 3.36. The van der Waals surface area contributed by atoms with Crippen LogP contribution < -0.4 is 10.2 Å². The topological polar surface area (TPSA) is 61.3 Å². The first-order valence-electron chi connectivity index (χ1n) is 8.91. The van der Waals surface area contributed by atoms with Crippen LogP contribution in [0.25, 0.3) is 0 Å². The van der Waals surface area contributed by atoms with Crippen LogP contribution in [0.2, 0.25) is 5.02 Å². The van der Waals surface area contributed by atoms with E-state index >= 15 is 0 Å². The highest BCUT2D eigenvalue weighted by atomic mass is 35.5. The Labute approximate surface area is 153 Å². The second-order valence-corrected chi connectivity index (χ2v) is 7.50. The monoisotopic (exact) mass is 358 g/mol. The maximum atomic E-state index is 9.30. The lowest BCUT2D eigenvalue weighted by Crippen LogP contribution is -2.31. The zero-order chi connectivity index (χ0) is 17.4. The third-order valence-corrected chi connectivity index (χ3v) is 5.12. The highest BCUT2D eigenvalue weighted by Gasteiger charge is 2.28. The smallest absolute Gasteiger partial charge is 0.225 e. The van der Waals surface area contributed by atoms with Gasteiger partial charge in [0.25, 0.3) is 0 Å². The second-order valence-electron chi connectivity index (χ2n) is 7.06. The van der Waals surface area contributed by atoms with E-state index in [1.807, 2.05) is 13.0 Å². The standard InChI is InChI=1S/C19H23ClN4O/c1-12(11-25)21-19-22-17(13-2-3-13)9-18(23-19)24-7-6-14-8-16(20)5-4-15(14)10-24/h4-5,8-9,12-13,25H,2-3,6-7,10-11H2,1H3,(H,21,22,23)/t12-/m1/s1. The molecule has 2 N–H and O–H groups in total. The van der Waals surface area contributed by atoms with E-state index in [1.54, 1.807) is 0 Å². The highest BCUT2D eigenvalue weighted by Crippen LogP contribution is 2.40.